The van der Waals surface area contributed by atoms with E-state index in [2.05, 4.69) is 161 Å². The second-order valence-electron chi connectivity index (χ2n) is 14.7. The lowest BCUT2D eigenvalue weighted by Crippen LogP contribution is -2.09. The minimum atomic E-state index is -0.254. The van der Waals surface area contributed by atoms with Crippen molar-refractivity contribution in [3.05, 3.63) is 218 Å². The third-order valence-electron chi connectivity index (χ3n) is 11.3. The summed E-state index contributed by atoms with van der Waals surface area (Å²) in [4.78, 5) is 2.30. The largest absolute Gasteiger partial charge is 0.456 e. The fraction of sp³-hybridized carbons (Fsp3) is 0. The molecular formula is C54H35FN2O. The molecule has 0 atom stereocenters. The molecule has 11 rings (SSSR count). The van der Waals surface area contributed by atoms with E-state index < -0.39 is 0 Å². The maximum Gasteiger partial charge on any atom is 0.136 e. The fourth-order valence-corrected chi connectivity index (χ4v) is 8.50. The summed E-state index contributed by atoms with van der Waals surface area (Å²) in [6, 6.07) is 73.1. The maximum absolute atomic E-state index is 14.8. The molecule has 0 unspecified atom stereocenters. The lowest BCUT2D eigenvalue weighted by atomic mass is 10.0. The summed E-state index contributed by atoms with van der Waals surface area (Å²) in [6.45, 7) is 0. The molecule has 0 aliphatic carbocycles. The van der Waals surface area contributed by atoms with Crippen molar-refractivity contribution in [2.24, 2.45) is 0 Å². The van der Waals surface area contributed by atoms with Gasteiger partial charge in [-0.2, -0.15) is 0 Å². The first kappa shape index (κ1) is 33.6. The average Bonchev–Trinajstić information content (AvgIpc) is 3.82. The van der Waals surface area contributed by atoms with Crippen molar-refractivity contribution < 1.29 is 8.81 Å². The predicted molar refractivity (Wildman–Crippen MR) is 239 cm³/mol. The summed E-state index contributed by atoms with van der Waals surface area (Å²) >= 11 is 0. The molecule has 3 nitrogen and oxygen atoms in total. The van der Waals surface area contributed by atoms with Crippen LogP contribution in [-0.4, -0.2) is 4.57 Å². The smallest absolute Gasteiger partial charge is 0.136 e. The molecule has 0 radical (unpaired) electrons. The van der Waals surface area contributed by atoms with E-state index in [0.29, 0.717) is 0 Å². The van der Waals surface area contributed by atoms with Crippen LogP contribution in [-0.2, 0) is 0 Å². The quantitative estimate of drug-likeness (QED) is 0.162. The Morgan fingerprint density at radius 1 is 0.362 bits per heavy atom. The molecule has 0 saturated carbocycles. The maximum atomic E-state index is 14.8. The number of fused-ring (bicyclic) bond motifs is 6. The van der Waals surface area contributed by atoms with E-state index in [4.69, 9.17) is 4.42 Å². The molecule has 0 saturated heterocycles. The van der Waals surface area contributed by atoms with Crippen molar-refractivity contribution in [3.63, 3.8) is 0 Å². The second kappa shape index (κ2) is 13.8. The van der Waals surface area contributed by atoms with Crippen molar-refractivity contribution >= 4 is 60.8 Å². The van der Waals surface area contributed by atoms with Gasteiger partial charge in [0.25, 0.3) is 0 Å². The number of para-hydroxylation sites is 3. The Kier molecular flexibility index (Phi) is 8.00. The molecule has 11 aromatic rings. The van der Waals surface area contributed by atoms with E-state index in [-0.39, 0.29) is 5.82 Å². The van der Waals surface area contributed by atoms with Gasteiger partial charge in [0.15, 0.2) is 0 Å². The molecule has 58 heavy (non-hydrogen) atoms. The standard InChI is InChI=1S/C54H35FN2O/c55-41-25-33-47-46-13-5-8-16-51(46)57(52(47)35-41)50-15-7-4-12-45(50)39-22-30-44(31-23-39)56(42-26-18-37(19-27-42)36-10-2-1-3-11-36)43-28-20-38(21-29-43)40-24-32-49-48-14-6-9-17-53(48)58-54(49)34-40/h1-35H. The molecular weight excluding hydrogens is 712 g/mol. The number of aromatic nitrogens is 1. The van der Waals surface area contributed by atoms with Crippen LogP contribution in [0, 0.1) is 5.82 Å². The molecule has 9 aromatic carbocycles. The molecule has 0 fully saturated rings. The Balaban J connectivity index is 0.989. The molecule has 0 N–H and O–H groups in total. The Hall–Kier alpha value is -7.69. The van der Waals surface area contributed by atoms with Gasteiger partial charge in [-0.15, -0.1) is 0 Å². The highest BCUT2D eigenvalue weighted by atomic mass is 19.1. The first-order valence-electron chi connectivity index (χ1n) is 19.5. The Labute approximate surface area is 335 Å². The lowest BCUT2D eigenvalue weighted by molar-refractivity contribution is 0.629. The second-order valence-corrected chi connectivity index (χ2v) is 14.7. The van der Waals surface area contributed by atoms with E-state index in [9.17, 15) is 4.39 Å². The Morgan fingerprint density at radius 2 is 0.879 bits per heavy atom. The van der Waals surface area contributed by atoms with Gasteiger partial charge in [0.05, 0.1) is 16.7 Å². The summed E-state index contributed by atoms with van der Waals surface area (Å²) < 4.78 is 23.2. The minimum absolute atomic E-state index is 0.254. The van der Waals surface area contributed by atoms with Gasteiger partial charge in [0, 0.05) is 44.2 Å². The molecule has 0 spiro atoms. The van der Waals surface area contributed by atoms with Gasteiger partial charge in [0.1, 0.15) is 17.0 Å². The molecule has 0 aliphatic rings. The van der Waals surface area contributed by atoms with Crippen LogP contribution in [0.4, 0.5) is 21.5 Å². The SMILES string of the molecule is Fc1ccc2c3ccccc3n(-c3ccccc3-c3ccc(N(c4ccc(-c5ccccc5)cc4)c4ccc(-c5ccc6c(c5)oc5ccccc56)cc4)cc3)c2c1. The third kappa shape index (κ3) is 5.74. The van der Waals surface area contributed by atoms with Crippen LogP contribution < -0.4 is 4.90 Å². The zero-order chi connectivity index (χ0) is 38.6. The zero-order valence-corrected chi connectivity index (χ0v) is 31.4. The first-order valence-corrected chi connectivity index (χ1v) is 19.5. The van der Waals surface area contributed by atoms with E-state index in [1.165, 1.54) is 5.56 Å². The first-order chi connectivity index (χ1) is 28.7. The highest BCUT2D eigenvalue weighted by Gasteiger charge is 2.18. The monoisotopic (exact) mass is 746 g/mol. The number of halogens is 1. The van der Waals surface area contributed by atoms with E-state index in [1.807, 2.05) is 48.5 Å². The lowest BCUT2D eigenvalue weighted by Gasteiger charge is -2.26. The molecule has 0 amide bonds. The normalized spacial score (nSPS) is 11.5. The van der Waals surface area contributed by atoms with Crippen molar-refractivity contribution in [1.82, 2.24) is 4.57 Å². The molecule has 2 aromatic heterocycles. The Morgan fingerprint density at radius 3 is 1.62 bits per heavy atom. The summed E-state index contributed by atoms with van der Waals surface area (Å²) in [5.74, 6) is -0.254. The van der Waals surface area contributed by atoms with E-state index >= 15 is 0 Å². The van der Waals surface area contributed by atoms with Gasteiger partial charge in [0.2, 0.25) is 0 Å². The van der Waals surface area contributed by atoms with Crippen molar-refractivity contribution in [3.8, 4) is 39.1 Å². The molecule has 4 heteroatoms. The molecule has 0 aliphatic heterocycles. The highest BCUT2D eigenvalue weighted by Crippen LogP contribution is 2.41. The van der Waals surface area contributed by atoms with Crippen LogP contribution in [0.5, 0.6) is 0 Å². The molecule has 274 valence electrons. The van der Waals surface area contributed by atoms with Crippen molar-refractivity contribution in [2.45, 2.75) is 0 Å². The minimum Gasteiger partial charge on any atom is -0.456 e. The van der Waals surface area contributed by atoms with Crippen LogP contribution in [0.3, 0.4) is 0 Å². The number of benzene rings is 9. The summed E-state index contributed by atoms with van der Waals surface area (Å²) in [5, 5.41) is 4.37. The van der Waals surface area contributed by atoms with Crippen LogP contribution in [0.2, 0.25) is 0 Å². The van der Waals surface area contributed by atoms with Gasteiger partial charge in [-0.3, -0.25) is 0 Å². The number of anilines is 3. The predicted octanol–water partition coefficient (Wildman–Crippen LogP) is 15.3. The van der Waals surface area contributed by atoms with Crippen LogP contribution in [0.1, 0.15) is 0 Å². The number of hydrogen-bond acceptors (Lipinski definition) is 2. The van der Waals surface area contributed by atoms with Gasteiger partial charge in [-0.25, -0.2) is 4.39 Å². The van der Waals surface area contributed by atoms with Crippen LogP contribution >= 0.6 is 0 Å². The summed E-state index contributed by atoms with van der Waals surface area (Å²) in [6.07, 6.45) is 0. The van der Waals surface area contributed by atoms with E-state index in [1.54, 1.807) is 12.1 Å². The van der Waals surface area contributed by atoms with E-state index in [0.717, 1.165) is 94.3 Å². The number of nitrogens with zero attached hydrogens (tertiary/aromatic N) is 2. The Bertz CT molecular complexity index is 3270. The summed E-state index contributed by atoms with van der Waals surface area (Å²) in [5.41, 5.74) is 14.5. The number of furan rings is 1. The molecule has 0 bridgehead atoms. The molecule has 2 heterocycles. The van der Waals surface area contributed by atoms with Gasteiger partial charge >= 0.3 is 0 Å². The fourth-order valence-electron chi connectivity index (χ4n) is 8.50. The van der Waals surface area contributed by atoms with Gasteiger partial charge in [-0.05, 0) is 113 Å². The zero-order valence-electron chi connectivity index (χ0n) is 31.4. The van der Waals surface area contributed by atoms with Crippen LogP contribution in [0.15, 0.2) is 217 Å². The number of hydrogen-bond donors (Lipinski definition) is 0. The third-order valence-corrected chi connectivity index (χ3v) is 11.3. The number of rotatable bonds is 7. The van der Waals surface area contributed by atoms with Crippen molar-refractivity contribution in [2.75, 3.05) is 4.90 Å². The average molecular weight is 747 g/mol. The van der Waals surface area contributed by atoms with Gasteiger partial charge in [-0.1, -0.05) is 127 Å². The van der Waals surface area contributed by atoms with Gasteiger partial charge < -0.3 is 13.9 Å². The van der Waals surface area contributed by atoms with Crippen molar-refractivity contribution in [1.29, 1.82) is 0 Å². The van der Waals surface area contributed by atoms with Crippen LogP contribution in [0.25, 0.3) is 82.8 Å². The summed E-state index contributed by atoms with van der Waals surface area (Å²) in [7, 11) is 0. The highest BCUT2D eigenvalue weighted by molar-refractivity contribution is 6.10. The topological polar surface area (TPSA) is 21.3 Å².